The Kier molecular flexibility index (Phi) is 5.10. The van der Waals surface area contributed by atoms with Gasteiger partial charge < -0.3 is 5.32 Å². The number of hydrogen-bond donors (Lipinski definition) is 1. The van der Waals surface area contributed by atoms with Gasteiger partial charge in [0, 0.05) is 17.3 Å². The zero-order valence-corrected chi connectivity index (χ0v) is 11.5. The maximum absolute atomic E-state index is 8.46. The van der Waals surface area contributed by atoms with Crippen LogP contribution < -0.4 is 5.32 Å². The van der Waals surface area contributed by atoms with Gasteiger partial charge in [0.1, 0.15) is 0 Å². The molecule has 0 bridgehead atoms. The number of halogens is 1. The molecule has 0 spiro atoms. The topological polar surface area (TPSA) is 60.5 Å². The van der Waals surface area contributed by atoms with E-state index in [2.05, 4.69) is 21.6 Å². The van der Waals surface area contributed by atoms with E-state index in [0.717, 1.165) is 17.1 Å². The average Bonchev–Trinajstić information content (AvgIpc) is 2.48. The van der Waals surface area contributed by atoms with Crippen molar-refractivity contribution in [3.8, 4) is 6.07 Å². The molecule has 1 N–H and O–H groups in total. The quantitative estimate of drug-likeness (QED) is 0.614. The van der Waals surface area contributed by atoms with E-state index in [1.165, 1.54) is 0 Å². The average molecular weight is 285 g/mol. The largest absolute Gasteiger partial charge is 0.384 e. The fourth-order valence-electron chi connectivity index (χ4n) is 1.53. The van der Waals surface area contributed by atoms with Gasteiger partial charge in [0.15, 0.2) is 0 Å². The first-order chi connectivity index (χ1) is 9.78. The van der Waals surface area contributed by atoms with Crippen molar-refractivity contribution in [1.82, 2.24) is 0 Å². The Morgan fingerprint density at radius 2 is 1.50 bits per heavy atom. The van der Waals surface area contributed by atoms with E-state index in [0.29, 0.717) is 18.0 Å². The minimum atomic E-state index is 0.484. The van der Waals surface area contributed by atoms with E-state index in [1.54, 1.807) is 12.1 Å². The summed E-state index contributed by atoms with van der Waals surface area (Å²) in [7, 11) is 0. The number of benzene rings is 2. The monoisotopic (exact) mass is 284 g/mol. The summed E-state index contributed by atoms with van der Waals surface area (Å²) in [6.07, 6.45) is 0.484. The lowest BCUT2D eigenvalue weighted by Crippen LogP contribution is -1.99. The van der Waals surface area contributed by atoms with E-state index in [1.807, 2.05) is 36.4 Å². The fourth-order valence-corrected chi connectivity index (χ4v) is 1.66. The Labute approximate surface area is 122 Å². The van der Waals surface area contributed by atoms with Gasteiger partial charge in [-0.1, -0.05) is 11.6 Å². The first kappa shape index (κ1) is 14.0. The molecule has 2 rings (SSSR count). The highest BCUT2D eigenvalue weighted by Gasteiger charge is 1.94. The first-order valence-corrected chi connectivity index (χ1v) is 6.54. The van der Waals surface area contributed by atoms with Gasteiger partial charge in [0.05, 0.1) is 23.9 Å². The van der Waals surface area contributed by atoms with Crippen molar-refractivity contribution in [1.29, 1.82) is 5.26 Å². The number of anilines is 1. The standard InChI is InChI=1S/C15H13ClN4/c16-12-2-4-14(5-3-12)19-20-15-8-6-13(7-9-15)18-11-1-10-17/h2-9,18H,1,11H2. The molecule has 0 aromatic heterocycles. The zero-order valence-electron chi connectivity index (χ0n) is 10.8. The van der Waals surface area contributed by atoms with Crippen LogP contribution in [0.2, 0.25) is 5.02 Å². The molecule has 0 fully saturated rings. The van der Waals surface area contributed by atoms with Crippen LogP contribution in [0.25, 0.3) is 0 Å². The SMILES string of the molecule is N#CCCNc1ccc(N=Nc2ccc(Cl)cc2)cc1. The van der Waals surface area contributed by atoms with Gasteiger partial charge in [-0.3, -0.25) is 0 Å². The first-order valence-electron chi connectivity index (χ1n) is 6.16. The third kappa shape index (κ3) is 4.38. The molecule has 0 aliphatic heterocycles. The van der Waals surface area contributed by atoms with Crippen molar-refractivity contribution < 1.29 is 0 Å². The molecule has 5 heteroatoms. The maximum Gasteiger partial charge on any atom is 0.0858 e. The van der Waals surface area contributed by atoms with E-state index in [4.69, 9.17) is 16.9 Å². The van der Waals surface area contributed by atoms with E-state index < -0.39 is 0 Å². The second kappa shape index (κ2) is 7.27. The van der Waals surface area contributed by atoms with Crippen LogP contribution in [0.15, 0.2) is 58.8 Å². The van der Waals surface area contributed by atoms with Crippen molar-refractivity contribution in [2.24, 2.45) is 10.2 Å². The highest BCUT2D eigenvalue weighted by molar-refractivity contribution is 6.30. The minimum absolute atomic E-state index is 0.484. The van der Waals surface area contributed by atoms with Crippen molar-refractivity contribution >= 4 is 28.7 Å². The van der Waals surface area contributed by atoms with Crippen LogP contribution in [0.1, 0.15) is 6.42 Å². The number of nitriles is 1. The van der Waals surface area contributed by atoms with Crippen LogP contribution in [0, 0.1) is 11.3 Å². The van der Waals surface area contributed by atoms with Gasteiger partial charge in [-0.25, -0.2) is 0 Å². The Hall–Kier alpha value is -2.38. The van der Waals surface area contributed by atoms with Crippen LogP contribution in [-0.4, -0.2) is 6.54 Å². The summed E-state index contributed by atoms with van der Waals surface area (Å²) in [6, 6.07) is 16.8. The zero-order chi connectivity index (χ0) is 14.2. The van der Waals surface area contributed by atoms with Gasteiger partial charge >= 0.3 is 0 Å². The van der Waals surface area contributed by atoms with E-state index >= 15 is 0 Å². The van der Waals surface area contributed by atoms with Crippen molar-refractivity contribution in [3.05, 3.63) is 53.6 Å². The third-order valence-corrected chi connectivity index (χ3v) is 2.79. The van der Waals surface area contributed by atoms with Crippen LogP contribution in [-0.2, 0) is 0 Å². The Morgan fingerprint density at radius 1 is 0.950 bits per heavy atom. The summed E-state index contributed by atoms with van der Waals surface area (Å²) in [5, 5.41) is 20.6. The molecule has 0 unspecified atom stereocenters. The molecule has 20 heavy (non-hydrogen) atoms. The highest BCUT2D eigenvalue weighted by Crippen LogP contribution is 2.21. The molecule has 0 aliphatic rings. The van der Waals surface area contributed by atoms with Crippen LogP contribution in [0.3, 0.4) is 0 Å². The second-order valence-electron chi connectivity index (χ2n) is 4.06. The Balaban J connectivity index is 1.96. The van der Waals surface area contributed by atoms with Crippen LogP contribution in [0.4, 0.5) is 17.1 Å². The lowest BCUT2D eigenvalue weighted by Gasteiger charge is -2.03. The highest BCUT2D eigenvalue weighted by atomic mass is 35.5. The molecule has 0 radical (unpaired) electrons. The molecule has 0 saturated heterocycles. The normalized spacial score (nSPS) is 10.4. The molecule has 0 amide bonds. The lowest BCUT2D eigenvalue weighted by molar-refractivity contribution is 1.07. The van der Waals surface area contributed by atoms with Crippen LogP contribution >= 0.6 is 11.6 Å². The van der Waals surface area contributed by atoms with Crippen LogP contribution in [0.5, 0.6) is 0 Å². The third-order valence-electron chi connectivity index (χ3n) is 2.54. The minimum Gasteiger partial charge on any atom is -0.384 e. The maximum atomic E-state index is 8.46. The number of nitrogens with zero attached hydrogens (tertiary/aromatic N) is 3. The molecule has 2 aromatic rings. The second-order valence-corrected chi connectivity index (χ2v) is 4.49. The Bertz CT molecular complexity index is 612. The molecule has 100 valence electrons. The summed E-state index contributed by atoms with van der Waals surface area (Å²) < 4.78 is 0. The summed E-state index contributed by atoms with van der Waals surface area (Å²) in [5.41, 5.74) is 2.49. The lowest BCUT2D eigenvalue weighted by atomic mass is 10.3. The molecule has 0 aliphatic carbocycles. The fraction of sp³-hybridized carbons (Fsp3) is 0.133. The van der Waals surface area contributed by atoms with E-state index in [9.17, 15) is 0 Å². The molecule has 2 aromatic carbocycles. The van der Waals surface area contributed by atoms with Crippen molar-refractivity contribution in [2.75, 3.05) is 11.9 Å². The van der Waals surface area contributed by atoms with Gasteiger partial charge in [-0.15, -0.1) is 0 Å². The summed E-state index contributed by atoms with van der Waals surface area (Å²) in [6.45, 7) is 0.641. The van der Waals surface area contributed by atoms with E-state index in [-0.39, 0.29) is 0 Å². The Morgan fingerprint density at radius 3 is 2.05 bits per heavy atom. The number of nitrogens with one attached hydrogen (secondary N) is 1. The molecular formula is C15H13ClN4. The summed E-state index contributed by atoms with van der Waals surface area (Å²) in [5.74, 6) is 0. The molecule has 0 saturated carbocycles. The number of rotatable bonds is 5. The van der Waals surface area contributed by atoms with Gasteiger partial charge in [0.2, 0.25) is 0 Å². The van der Waals surface area contributed by atoms with Gasteiger partial charge in [-0.05, 0) is 48.5 Å². The molecule has 0 atom stereocenters. The summed E-state index contributed by atoms with van der Waals surface area (Å²) >= 11 is 5.80. The van der Waals surface area contributed by atoms with Gasteiger partial charge in [-0.2, -0.15) is 15.5 Å². The predicted molar refractivity (Wildman–Crippen MR) is 80.8 cm³/mol. The molecule has 4 nitrogen and oxygen atoms in total. The molecule has 0 heterocycles. The number of hydrogen-bond acceptors (Lipinski definition) is 4. The number of azo groups is 1. The van der Waals surface area contributed by atoms with Crippen molar-refractivity contribution in [3.63, 3.8) is 0 Å². The smallest absolute Gasteiger partial charge is 0.0858 e. The van der Waals surface area contributed by atoms with Gasteiger partial charge in [0.25, 0.3) is 0 Å². The molecular weight excluding hydrogens is 272 g/mol. The summed E-state index contributed by atoms with van der Waals surface area (Å²) in [4.78, 5) is 0. The predicted octanol–water partition coefficient (Wildman–Crippen LogP) is 5.08. The van der Waals surface area contributed by atoms with Crippen molar-refractivity contribution in [2.45, 2.75) is 6.42 Å².